The number of benzene rings is 1. The zero-order valence-corrected chi connectivity index (χ0v) is 11.0. The third kappa shape index (κ3) is 3.90. The van der Waals surface area contributed by atoms with Gasteiger partial charge in [0.15, 0.2) is 0 Å². The molecule has 5 nitrogen and oxygen atoms in total. The molecule has 0 fully saturated rings. The lowest BCUT2D eigenvalue weighted by atomic mass is 10.1. The summed E-state index contributed by atoms with van der Waals surface area (Å²) in [6, 6.07) is 6.50. The van der Waals surface area contributed by atoms with Crippen molar-refractivity contribution < 1.29 is 10.0 Å². The molecular weight excluding hydrogens is 252 g/mol. The molecule has 2 rings (SSSR count). The summed E-state index contributed by atoms with van der Waals surface area (Å²) in [5, 5.41) is 21.0. The van der Waals surface area contributed by atoms with Gasteiger partial charge < -0.3 is 5.11 Å². The van der Waals surface area contributed by atoms with Crippen LogP contribution in [0, 0.1) is 17.0 Å². The van der Waals surface area contributed by atoms with Crippen molar-refractivity contribution in [2.75, 3.05) is 6.61 Å². The lowest BCUT2D eigenvalue weighted by molar-refractivity contribution is -0.384. The number of hydrogen-bond donors (Lipinski definition) is 1. The number of non-ortho nitro benzene ring substituents is 1. The number of nitro groups is 1. The van der Waals surface area contributed by atoms with Crippen molar-refractivity contribution in [2.45, 2.75) is 13.8 Å². The maximum absolute atomic E-state index is 10.6. The van der Waals surface area contributed by atoms with Gasteiger partial charge in [0.05, 0.1) is 15.6 Å². The highest BCUT2D eigenvalue weighted by molar-refractivity contribution is 7.09. The normalized spacial score (nSPS) is 9.50. The second kappa shape index (κ2) is 6.83. The molecule has 1 aromatic heterocycles. The van der Waals surface area contributed by atoms with Gasteiger partial charge in [-0.05, 0) is 13.8 Å². The molecular formula is C12H14N2O3S. The summed E-state index contributed by atoms with van der Waals surface area (Å²) in [6.45, 7) is 3.84. The van der Waals surface area contributed by atoms with Crippen LogP contribution in [0.25, 0.3) is 11.3 Å². The first kappa shape index (κ1) is 14.3. The Morgan fingerprint density at radius 2 is 2.17 bits per heavy atom. The van der Waals surface area contributed by atoms with Crippen molar-refractivity contribution in [2.24, 2.45) is 0 Å². The highest BCUT2D eigenvalue weighted by Crippen LogP contribution is 2.24. The van der Waals surface area contributed by atoms with Crippen LogP contribution in [0.5, 0.6) is 0 Å². The third-order valence-electron chi connectivity index (χ3n) is 1.97. The number of rotatable bonds is 2. The lowest BCUT2D eigenvalue weighted by Crippen LogP contribution is -1.88. The van der Waals surface area contributed by atoms with Crippen LogP contribution in [0.15, 0.2) is 29.6 Å². The van der Waals surface area contributed by atoms with Crippen LogP contribution in [0.2, 0.25) is 0 Å². The van der Waals surface area contributed by atoms with Crippen LogP contribution in [-0.4, -0.2) is 21.6 Å². The molecule has 0 bridgehead atoms. The van der Waals surface area contributed by atoms with Gasteiger partial charge in [0.1, 0.15) is 0 Å². The number of nitro benzene ring substituents is 1. The van der Waals surface area contributed by atoms with Gasteiger partial charge in [-0.1, -0.05) is 12.1 Å². The summed E-state index contributed by atoms with van der Waals surface area (Å²) in [5.41, 5.74) is 1.67. The van der Waals surface area contributed by atoms with Gasteiger partial charge in [-0.15, -0.1) is 11.3 Å². The molecule has 0 spiro atoms. The largest absolute Gasteiger partial charge is 0.397 e. The summed E-state index contributed by atoms with van der Waals surface area (Å²) in [5.74, 6) is 0. The zero-order valence-electron chi connectivity index (χ0n) is 10.2. The standard InChI is InChI=1S/C10H8N2O2S.C2H6O/c1-7-11-10(6-15-7)8-3-2-4-9(5-8)12(13)14;1-2-3/h2-6H,1H3;3H,2H2,1H3. The first-order valence-corrected chi connectivity index (χ1v) is 6.24. The number of thiazole rings is 1. The predicted molar refractivity (Wildman–Crippen MR) is 71.7 cm³/mol. The molecule has 0 aliphatic rings. The molecule has 0 unspecified atom stereocenters. The first-order valence-electron chi connectivity index (χ1n) is 5.36. The van der Waals surface area contributed by atoms with E-state index in [1.165, 1.54) is 23.5 Å². The number of nitrogens with zero attached hydrogens (tertiary/aromatic N) is 2. The molecule has 2 aromatic rings. The minimum absolute atomic E-state index is 0.0955. The van der Waals surface area contributed by atoms with Crippen molar-refractivity contribution in [3.8, 4) is 11.3 Å². The molecule has 1 N–H and O–H groups in total. The van der Waals surface area contributed by atoms with Crippen LogP contribution in [0.4, 0.5) is 5.69 Å². The smallest absolute Gasteiger partial charge is 0.270 e. The van der Waals surface area contributed by atoms with Crippen LogP contribution < -0.4 is 0 Å². The second-order valence-electron chi connectivity index (χ2n) is 3.38. The van der Waals surface area contributed by atoms with Gasteiger partial charge in [0, 0.05) is 29.7 Å². The number of aryl methyl sites for hydroxylation is 1. The number of hydrogen-bond acceptors (Lipinski definition) is 5. The minimum atomic E-state index is -0.400. The first-order chi connectivity index (χ1) is 8.58. The number of aliphatic hydroxyl groups is 1. The van der Waals surface area contributed by atoms with Crippen LogP contribution in [-0.2, 0) is 0 Å². The Bertz CT molecular complexity index is 526. The predicted octanol–water partition coefficient (Wildman–Crippen LogP) is 3.03. The number of aliphatic hydroxyl groups excluding tert-OH is 1. The molecule has 1 aromatic carbocycles. The Kier molecular flexibility index (Phi) is 5.41. The molecule has 96 valence electrons. The molecule has 0 radical (unpaired) electrons. The van der Waals surface area contributed by atoms with Gasteiger partial charge in [0.2, 0.25) is 0 Å². The van der Waals surface area contributed by atoms with E-state index in [4.69, 9.17) is 5.11 Å². The van der Waals surface area contributed by atoms with E-state index >= 15 is 0 Å². The second-order valence-corrected chi connectivity index (χ2v) is 4.44. The van der Waals surface area contributed by atoms with Gasteiger partial charge in [-0.2, -0.15) is 0 Å². The van der Waals surface area contributed by atoms with Crippen molar-refractivity contribution >= 4 is 17.0 Å². The van der Waals surface area contributed by atoms with E-state index in [2.05, 4.69) is 4.98 Å². The SMILES string of the molecule is CCO.Cc1nc(-c2cccc([N+](=O)[O-])c2)cs1. The van der Waals surface area contributed by atoms with E-state index in [1.54, 1.807) is 13.0 Å². The molecule has 1 heterocycles. The monoisotopic (exact) mass is 266 g/mol. The van der Waals surface area contributed by atoms with E-state index in [-0.39, 0.29) is 12.3 Å². The highest BCUT2D eigenvalue weighted by Gasteiger charge is 2.08. The zero-order chi connectivity index (χ0) is 13.5. The fraction of sp³-hybridized carbons (Fsp3) is 0.250. The van der Waals surface area contributed by atoms with Gasteiger partial charge >= 0.3 is 0 Å². The molecule has 0 amide bonds. The summed E-state index contributed by atoms with van der Waals surface area (Å²) >= 11 is 1.53. The Morgan fingerprint density at radius 3 is 2.67 bits per heavy atom. The Labute approximate surface area is 109 Å². The Morgan fingerprint density at radius 1 is 1.50 bits per heavy atom. The van der Waals surface area contributed by atoms with E-state index in [9.17, 15) is 10.1 Å². The molecule has 6 heteroatoms. The molecule has 0 atom stereocenters. The van der Waals surface area contributed by atoms with Crippen LogP contribution in [0.1, 0.15) is 11.9 Å². The summed E-state index contributed by atoms with van der Waals surface area (Å²) in [6.07, 6.45) is 0. The van der Waals surface area contributed by atoms with Gasteiger partial charge in [0.25, 0.3) is 5.69 Å². The van der Waals surface area contributed by atoms with Crippen molar-refractivity contribution in [1.82, 2.24) is 4.98 Å². The highest BCUT2D eigenvalue weighted by atomic mass is 32.1. The maximum Gasteiger partial charge on any atom is 0.270 e. The topological polar surface area (TPSA) is 76.3 Å². The van der Waals surface area contributed by atoms with Crippen molar-refractivity contribution in [1.29, 1.82) is 0 Å². The molecule has 18 heavy (non-hydrogen) atoms. The Hall–Kier alpha value is -1.79. The van der Waals surface area contributed by atoms with E-state index in [1.807, 2.05) is 18.4 Å². The minimum Gasteiger partial charge on any atom is -0.397 e. The fourth-order valence-electron chi connectivity index (χ4n) is 1.27. The third-order valence-corrected chi connectivity index (χ3v) is 2.75. The van der Waals surface area contributed by atoms with Gasteiger partial charge in [-0.25, -0.2) is 4.98 Å². The molecule has 0 aliphatic heterocycles. The van der Waals surface area contributed by atoms with E-state index in [0.29, 0.717) is 0 Å². The molecule has 0 aliphatic carbocycles. The molecule has 0 saturated carbocycles. The van der Waals surface area contributed by atoms with E-state index in [0.717, 1.165) is 16.3 Å². The molecule has 0 saturated heterocycles. The van der Waals surface area contributed by atoms with Gasteiger partial charge in [-0.3, -0.25) is 10.1 Å². The maximum atomic E-state index is 10.6. The summed E-state index contributed by atoms with van der Waals surface area (Å²) < 4.78 is 0. The van der Waals surface area contributed by atoms with Crippen LogP contribution in [0.3, 0.4) is 0 Å². The fourth-order valence-corrected chi connectivity index (χ4v) is 1.90. The van der Waals surface area contributed by atoms with Crippen molar-refractivity contribution in [3.63, 3.8) is 0 Å². The average molecular weight is 266 g/mol. The lowest BCUT2D eigenvalue weighted by Gasteiger charge is -1.96. The Balaban J connectivity index is 0.000000492. The quantitative estimate of drug-likeness (QED) is 0.669. The van der Waals surface area contributed by atoms with Crippen LogP contribution >= 0.6 is 11.3 Å². The van der Waals surface area contributed by atoms with Crippen molar-refractivity contribution in [3.05, 3.63) is 44.8 Å². The van der Waals surface area contributed by atoms with E-state index < -0.39 is 4.92 Å². The number of aromatic nitrogens is 1. The summed E-state index contributed by atoms with van der Waals surface area (Å²) in [4.78, 5) is 14.5. The average Bonchev–Trinajstić information content (AvgIpc) is 2.77. The summed E-state index contributed by atoms with van der Waals surface area (Å²) in [7, 11) is 0.